The van der Waals surface area contributed by atoms with Gasteiger partial charge in [-0.05, 0) is 54.0 Å². The normalized spacial score (nSPS) is 17.6. The highest BCUT2D eigenvalue weighted by atomic mass is 19.1. The van der Waals surface area contributed by atoms with Gasteiger partial charge in [-0.15, -0.1) is 0 Å². The molecule has 0 spiro atoms. The molecule has 0 amide bonds. The molecule has 0 aliphatic carbocycles. The number of nitriles is 1. The van der Waals surface area contributed by atoms with Crippen LogP contribution in [0.25, 0.3) is 11.1 Å². The minimum Gasteiger partial charge on any atom is -0.508 e. The summed E-state index contributed by atoms with van der Waals surface area (Å²) in [6, 6.07) is 19.7. The fraction of sp³-hybridized carbons (Fsp3) is 0.276. The van der Waals surface area contributed by atoms with Crippen molar-refractivity contribution in [3.05, 3.63) is 82.9 Å². The maximum Gasteiger partial charge on any atom is 0.150 e. The van der Waals surface area contributed by atoms with Gasteiger partial charge in [0.25, 0.3) is 0 Å². The summed E-state index contributed by atoms with van der Waals surface area (Å²) in [5.41, 5.74) is 4.26. The van der Waals surface area contributed by atoms with E-state index in [1.54, 1.807) is 30.3 Å². The zero-order valence-electron chi connectivity index (χ0n) is 19.9. The van der Waals surface area contributed by atoms with E-state index in [1.807, 2.05) is 43.3 Å². The molecule has 2 heterocycles. The standard InChI is InChI=1S/C29H27FN2O4/c1-18-25-13-26(34)22(15-31)12-27(25)36-29(28(18)21-3-2-4-23(33)11-21)20-5-7-24(8-6-20)35-10-9-32-16-19(14-30)17-32/h2-8,11-13,19,29,33-34H,9-10,14,16-17H2,1H3/t29-/m1/s1. The van der Waals surface area contributed by atoms with E-state index in [-0.39, 0.29) is 29.7 Å². The number of allylic oxidation sites excluding steroid dienone is 1. The lowest BCUT2D eigenvalue weighted by Crippen LogP contribution is -2.49. The second kappa shape index (κ2) is 9.92. The number of halogens is 1. The molecule has 1 saturated heterocycles. The summed E-state index contributed by atoms with van der Waals surface area (Å²) in [6.45, 7) is 4.55. The largest absolute Gasteiger partial charge is 0.508 e. The van der Waals surface area contributed by atoms with Crippen molar-refractivity contribution in [3.63, 3.8) is 0 Å². The fourth-order valence-electron chi connectivity index (χ4n) is 4.84. The molecule has 5 rings (SSSR count). The van der Waals surface area contributed by atoms with E-state index in [4.69, 9.17) is 9.47 Å². The Bertz CT molecular complexity index is 1340. The molecule has 7 heteroatoms. The lowest BCUT2D eigenvalue weighted by Gasteiger charge is -2.37. The Morgan fingerprint density at radius 1 is 1.11 bits per heavy atom. The first-order valence-corrected chi connectivity index (χ1v) is 11.9. The zero-order chi connectivity index (χ0) is 25.2. The molecular formula is C29H27FN2O4. The van der Waals surface area contributed by atoms with Crippen LogP contribution < -0.4 is 9.47 Å². The highest BCUT2D eigenvalue weighted by Gasteiger charge is 2.31. The summed E-state index contributed by atoms with van der Waals surface area (Å²) in [7, 11) is 0. The fourth-order valence-corrected chi connectivity index (χ4v) is 4.84. The number of ether oxygens (including phenoxy) is 2. The van der Waals surface area contributed by atoms with Gasteiger partial charge in [-0.25, -0.2) is 0 Å². The summed E-state index contributed by atoms with van der Waals surface area (Å²) < 4.78 is 24.9. The molecule has 36 heavy (non-hydrogen) atoms. The van der Waals surface area contributed by atoms with Gasteiger partial charge in [-0.2, -0.15) is 5.26 Å². The molecule has 0 bridgehead atoms. The monoisotopic (exact) mass is 486 g/mol. The van der Waals surface area contributed by atoms with Crippen LogP contribution in [0, 0.1) is 17.2 Å². The van der Waals surface area contributed by atoms with Gasteiger partial charge >= 0.3 is 0 Å². The Morgan fingerprint density at radius 3 is 2.58 bits per heavy atom. The molecule has 0 radical (unpaired) electrons. The molecule has 1 atom stereocenters. The number of phenols is 2. The van der Waals surface area contributed by atoms with Crippen LogP contribution in [-0.2, 0) is 0 Å². The quantitative estimate of drug-likeness (QED) is 0.471. The maximum atomic E-state index is 12.6. The van der Waals surface area contributed by atoms with Crippen LogP contribution in [0.2, 0.25) is 0 Å². The van der Waals surface area contributed by atoms with E-state index < -0.39 is 6.10 Å². The Labute approximate surface area is 209 Å². The molecule has 3 aromatic carbocycles. The number of likely N-dealkylation sites (tertiary alicyclic amines) is 1. The molecule has 0 aromatic heterocycles. The van der Waals surface area contributed by atoms with Crippen molar-refractivity contribution >= 4 is 11.1 Å². The van der Waals surface area contributed by atoms with Gasteiger partial charge in [-0.3, -0.25) is 9.29 Å². The molecule has 3 aromatic rings. The third-order valence-electron chi connectivity index (χ3n) is 6.80. The van der Waals surface area contributed by atoms with Crippen LogP contribution in [0.15, 0.2) is 60.7 Å². The summed E-state index contributed by atoms with van der Waals surface area (Å²) >= 11 is 0. The van der Waals surface area contributed by atoms with Crippen LogP contribution in [0.5, 0.6) is 23.0 Å². The van der Waals surface area contributed by atoms with E-state index in [0.717, 1.165) is 47.7 Å². The number of phenolic OH excluding ortho intramolecular Hbond substituents is 2. The minimum atomic E-state index is -0.497. The van der Waals surface area contributed by atoms with Crippen molar-refractivity contribution in [2.24, 2.45) is 5.92 Å². The predicted molar refractivity (Wildman–Crippen MR) is 135 cm³/mol. The first-order chi connectivity index (χ1) is 17.5. The van der Waals surface area contributed by atoms with Crippen LogP contribution >= 0.6 is 0 Å². The van der Waals surface area contributed by atoms with Gasteiger partial charge in [0, 0.05) is 42.8 Å². The number of rotatable bonds is 7. The summed E-state index contributed by atoms with van der Waals surface area (Å²) in [4.78, 5) is 2.17. The van der Waals surface area contributed by atoms with Gasteiger partial charge < -0.3 is 19.7 Å². The van der Waals surface area contributed by atoms with Crippen LogP contribution in [0.4, 0.5) is 4.39 Å². The summed E-state index contributed by atoms with van der Waals surface area (Å²) in [5, 5.41) is 29.8. The molecule has 6 nitrogen and oxygen atoms in total. The van der Waals surface area contributed by atoms with Crippen molar-refractivity contribution in [2.45, 2.75) is 13.0 Å². The van der Waals surface area contributed by atoms with Crippen molar-refractivity contribution < 1.29 is 24.1 Å². The first kappa shape index (κ1) is 23.7. The third kappa shape index (κ3) is 4.60. The minimum absolute atomic E-state index is 0.104. The third-order valence-corrected chi connectivity index (χ3v) is 6.80. The number of hydrogen-bond acceptors (Lipinski definition) is 6. The number of aromatic hydroxyl groups is 2. The molecule has 2 aliphatic heterocycles. The number of benzene rings is 3. The number of fused-ring (bicyclic) bond motifs is 1. The molecule has 184 valence electrons. The lowest BCUT2D eigenvalue weighted by atomic mass is 9.85. The van der Waals surface area contributed by atoms with E-state index in [9.17, 15) is 19.9 Å². The Kier molecular flexibility index (Phi) is 6.53. The second-order valence-electron chi connectivity index (χ2n) is 9.26. The Hall–Kier alpha value is -4.02. The Balaban J connectivity index is 1.42. The molecule has 0 unspecified atom stereocenters. The van der Waals surface area contributed by atoms with Crippen LogP contribution in [0.1, 0.15) is 35.3 Å². The summed E-state index contributed by atoms with van der Waals surface area (Å²) in [6.07, 6.45) is -0.497. The van der Waals surface area contributed by atoms with Crippen LogP contribution in [0.3, 0.4) is 0 Å². The topological polar surface area (TPSA) is 86.0 Å². The van der Waals surface area contributed by atoms with Gasteiger partial charge in [0.2, 0.25) is 0 Å². The van der Waals surface area contributed by atoms with Crippen LogP contribution in [-0.4, -0.2) is 48.0 Å². The van der Waals surface area contributed by atoms with Crippen molar-refractivity contribution in [3.8, 4) is 29.1 Å². The van der Waals surface area contributed by atoms with E-state index in [2.05, 4.69) is 4.90 Å². The van der Waals surface area contributed by atoms with E-state index >= 15 is 0 Å². The van der Waals surface area contributed by atoms with E-state index in [1.165, 1.54) is 0 Å². The number of alkyl halides is 1. The average molecular weight is 487 g/mol. The molecule has 0 saturated carbocycles. The number of hydrogen-bond donors (Lipinski definition) is 2. The molecular weight excluding hydrogens is 459 g/mol. The van der Waals surface area contributed by atoms with Gasteiger partial charge in [0.1, 0.15) is 41.8 Å². The molecule has 2 aliphatic rings. The molecule has 1 fully saturated rings. The van der Waals surface area contributed by atoms with Crippen molar-refractivity contribution in [2.75, 3.05) is 32.9 Å². The predicted octanol–water partition coefficient (Wildman–Crippen LogP) is 5.31. The highest BCUT2D eigenvalue weighted by molar-refractivity contribution is 5.96. The highest BCUT2D eigenvalue weighted by Crippen LogP contribution is 2.48. The smallest absolute Gasteiger partial charge is 0.150 e. The zero-order valence-corrected chi connectivity index (χ0v) is 19.9. The maximum absolute atomic E-state index is 12.6. The number of nitrogens with zero attached hydrogens (tertiary/aromatic N) is 2. The van der Waals surface area contributed by atoms with Crippen molar-refractivity contribution in [1.29, 1.82) is 5.26 Å². The average Bonchev–Trinajstić information content (AvgIpc) is 2.85. The second-order valence-corrected chi connectivity index (χ2v) is 9.26. The summed E-state index contributed by atoms with van der Waals surface area (Å²) in [5.74, 6) is 1.44. The SMILES string of the molecule is CC1=C(c2cccc(O)c2)[C@@H](c2ccc(OCCN3CC(CF)C3)cc2)Oc2cc(C#N)c(O)cc21. The lowest BCUT2D eigenvalue weighted by molar-refractivity contribution is 0.0668. The van der Waals surface area contributed by atoms with Gasteiger partial charge in [-0.1, -0.05) is 24.3 Å². The first-order valence-electron chi connectivity index (χ1n) is 11.9. The van der Waals surface area contributed by atoms with E-state index in [0.29, 0.717) is 17.9 Å². The molecule has 2 N–H and O–H groups in total. The van der Waals surface area contributed by atoms with Crippen molar-refractivity contribution in [1.82, 2.24) is 4.90 Å². The van der Waals surface area contributed by atoms with Gasteiger partial charge in [0.05, 0.1) is 12.2 Å². The van der Waals surface area contributed by atoms with Gasteiger partial charge in [0.15, 0.2) is 0 Å². The Morgan fingerprint density at radius 2 is 1.89 bits per heavy atom.